The summed E-state index contributed by atoms with van der Waals surface area (Å²) < 4.78 is 0. The number of hydrogen-bond donors (Lipinski definition) is 1. The highest BCUT2D eigenvalue weighted by molar-refractivity contribution is 6.30. The fourth-order valence-electron chi connectivity index (χ4n) is 6.20. The van der Waals surface area contributed by atoms with Crippen LogP contribution in [-0.2, 0) is 14.4 Å². The Kier molecular flexibility index (Phi) is 5.13. The number of imide groups is 1. The van der Waals surface area contributed by atoms with Crippen molar-refractivity contribution in [3.8, 4) is 0 Å². The second kappa shape index (κ2) is 8.57. The van der Waals surface area contributed by atoms with Crippen LogP contribution in [-0.4, -0.2) is 29.8 Å². The molecule has 3 heterocycles. The van der Waals surface area contributed by atoms with Crippen LogP contribution in [0.1, 0.15) is 5.56 Å². The van der Waals surface area contributed by atoms with E-state index in [9.17, 15) is 14.4 Å². The molecule has 0 aliphatic carbocycles. The first-order valence-corrected chi connectivity index (χ1v) is 12.9. The predicted molar refractivity (Wildman–Crippen MR) is 149 cm³/mol. The third-order valence-electron chi connectivity index (χ3n) is 7.80. The minimum absolute atomic E-state index is 0.280. The van der Waals surface area contributed by atoms with Crippen LogP contribution in [0.5, 0.6) is 0 Å². The van der Waals surface area contributed by atoms with E-state index in [0.717, 1.165) is 22.0 Å². The van der Waals surface area contributed by atoms with Crippen molar-refractivity contribution in [3.05, 3.63) is 108 Å². The minimum atomic E-state index is -0.872. The van der Waals surface area contributed by atoms with Crippen LogP contribution in [0.15, 0.2) is 97.1 Å². The van der Waals surface area contributed by atoms with Gasteiger partial charge in [0.2, 0.25) is 17.7 Å². The Morgan fingerprint density at radius 3 is 2.29 bits per heavy atom. The molecule has 0 aromatic heterocycles. The molecule has 0 saturated carbocycles. The quantitative estimate of drug-likeness (QED) is 0.362. The van der Waals surface area contributed by atoms with E-state index in [0.29, 0.717) is 16.4 Å². The lowest BCUT2D eigenvalue weighted by molar-refractivity contribution is -0.126. The first kappa shape index (κ1) is 22.8. The van der Waals surface area contributed by atoms with Gasteiger partial charge < -0.3 is 10.2 Å². The van der Waals surface area contributed by atoms with E-state index in [2.05, 4.69) is 5.32 Å². The lowest BCUT2D eigenvalue weighted by atomic mass is 9.88. The highest BCUT2D eigenvalue weighted by Crippen LogP contribution is 2.50. The Bertz CT molecular complexity index is 1660. The molecule has 0 radical (unpaired) electrons. The van der Waals surface area contributed by atoms with Crippen molar-refractivity contribution in [2.45, 2.75) is 12.1 Å². The van der Waals surface area contributed by atoms with Crippen LogP contribution < -0.4 is 15.1 Å². The number of nitrogens with one attached hydrogen (secondary N) is 1. The Labute approximate surface area is 224 Å². The van der Waals surface area contributed by atoms with Gasteiger partial charge in [0.1, 0.15) is 6.04 Å². The first-order chi connectivity index (χ1) is 18.5. The minimum Gasteiger partial charge on any atom is -0.351 e. The second-order valence-corrected chi connectivity index (χ2v) is 10.3. The van der Waals surface area contributed by atoms with Gasteiger partial charge >= 0.3 is 0 Å². The number of amides is 3. The summed E-state index contributed by atoms with van der Waals surface area (Å²) in [5, 5.41) is 5.28. The summed E-state index contributed by atoms with van der Waals surface area (Å²) in [6.07, 6.45) is 3.93. The lowest BCUT2D eigenvalue weighted by Crippen LogP contribution is -2.50. The van der Waals surface area contributed by atoms with E-state index in [1.54, 1.807) is 30.3 Å². The van der Waals surface area contributed by atoms with Crippen LogP contribution in [0.4, 0.5) is 17.1 Å². The van der Waals surface area contributed by atoms with Crippen molar-refractivity contribution < 1.29 is 14.4 Å². The monoisotopic (exact) mass is 519 g/mol. The predicted octanol–water partition coefficient (Wildman–Crippen LogP) is 5.52. The van der Waals surface area contributed by atoms with E-state index in [4.69, 9.17) is 11.6 Å². The Morgan fingerprint density at radius 2 is 1.45 bits per heavy atom. The summed E-state index contributed by atoms with van der Waals surface area (Å²) in [5.74, 6) is -2.50. The lowest BCUT2D eigenvalue weighted by Gasteiger charge is -2.36. The number of hydrogen-bond acceptors (Lipinski definition) is 4. The molecular formula is C31H22ClN3O3. The molecule has 7 rings (SSSR count). The Morgan fingerprint density at radius 1 is 0.763 bits per heavy atom. The fraction of sp³-hybridized carbons (Fsp3) is 0.129. The van der Waals surface area contributed by atoms with Crippen LogP contribution in [0.3, 0.4) is 0 Å². The van der Waals surface area contributed by atoms with Gasteiger partial charge in [-0.15, -0.1) is 0 Å². The van der Waals surface area contributed by atoms with Gasteiger partial charge in [0, 0.05) is 21.8 Å². The molecule has 0 bridgehead atoms. The summed E-state index contributed by atoms with van der Waals surface area (Å²) in [6.45, 7) is 0. The van der Waals surface area contributed by atoms with Gasteiger partial charge in [0.25, 0.3) is 0 Å². The average molecular weight is 520 g/mol. The Hall–Kier alpha value is -4.42. The number of benzene rings is 4. The van der Waals surface area contributed by atoms with Crippen molar-refractivity contribution in [2.75, 3.05) is 15.1 Å². The number of carbonyl (C=O) groups is 3. The normalized spacial score (nSPS) is 23.4. The van der Waals surface area contributed by atoms with Gasteiger partial charge in [-0.2, -0.15) is 0 Å². The van der Waals surface area contributed by atoms with Gasteiger partial charge in [-0.1, -0.05) is 78.4 Å². The molecule has 0 spiro atoms. The Balaban J connectivity index is 1.34. The number of para-hydroxylation sites is 1. The number of rotatable bonds is 3. The summed E-state index contributed by atoms with van der Waals surface area (Å²) in [7, 11) is 0. The van der Waals surface area contributed by atoms with Gasteiger partial charge in [0.05, 0.1) is 23.6 Å². The van der Waals surface area contributed by atoms with E-state index >= 15 is 0 Å². The molecule has 3 amide bonds. The maximum absolute atomic E-state index is 14.2. The summed E-state index contributed by atoms with van der Waals surface area (Å²) in [5.41, 5.74) is 2.90. The molecule has 0 unspecified atom stereocenters. The smallest absolute Gasteiger partial charge is 0.247 e. The van der Waals surface area contributed by atoms with Gasteiger partial charge in [0.15, 0.2) is 0 Å². The topological polar surface area (TPSA) is 69.7 Å². The summed E-state index contributed by atoms with van der Waals surface area (Å²) in [4.78, 5) is 45.4. The van der Waals surface area contributed by atoms with Gasteiger partial charge in [-0.05, 0) is 47.3 Å². The van der Waals surface area contributed by atoms with Crippen molar-refractivity contribution in [1.29, 1.82) is 0 Å². The van der Waals surface area contributed by atoms with E-state index in [1.165, 1.54) is 4.90 Å². The van der Waals surface area contributed by atoms with Crippen molar-refractivity contribution in [1.82, 2.24) is 0 Å². The molecule has 4 aromatic rings. The van der Waals surface area contributed by atoms with Gasteiger partial charge in [-0.25, -0.2) is 4.90 Å². The standard InChI is InChI=1S/C31H22ClN3O3/c32-20-13-15-21(16-14-20)33-29(36)28-27-26(25-17-12-19-7-2-4-10-23(19)34(25)28)30(37)35(31(27)38)24-11-5-8-18-6-1-3-9-22(18)24/h1-17,25-28H,(H,33,36)/t25-,26-,27-,28+/m0/s1. The number of halogens is 1. The third kappa shape index (κ3) is 3.30. The summed E-state index contributed by atoms with van der Waals surface area (Å²) in [6, 6.07) is 26.6. The van der Waals surface area contributed by atoms with Crippen LogP contribution in [0.25, 0.3) is 16.8 Å². The summed E-state index contributed by atoms with van der Waals surface area (Å²) >= 11 is 6.03. The molecule has 2 fully saturated rings. The van der Waals surface area contributed by atoms with Gasteiger partial charge in [-0.3, -0.25) is 14.4 Å². The molecule has 4 aromatic carbocycles. The number of nitrogens with zero attached hydrogens (tertiary/aromatic N) is 2. The third-order valence-corrected chi connectivity index (χ3v) is 8.05. The van der Waals surface area contributed by atoms with Crippen LogP contribution in [0, 0.1) is 11.8 Å². The molecular weight excluding hydrogens is 498 g/mol. The zero-order chi connectivity index (χ0) is 26.0. The van der Waals surface area contributed by atoms with E-state index < -0.39 is 23.9 Å². The zero-order valence-electron chi connectivity index (χ0n) is 20.1. The average Bonchev–Trinajstić information content (AvgIpc) is 3.42. The SMILES string of the molecule is O=C(Nc1ccc(Cl)cc1)[C@H]1[C@H]2C(=O)N(c3cccc4ccccc34)C(=O)[C@H]2[C@@H]2C=Cc3ccccc3N21. The molecule has 7 heteroatoms. The molecule has 4 atom stereocenters. The van der Waals surface area contributed by atoms with Crippen LogP contribution in [0.2, 0.25) is 5.02 Å². The van der Waals surface area contributed by atoms with Crippen molar-refractivity contribution >= 4 is 63.2 Å². The highest BCUT2D eigenvalue weighted by Gasteiger charge is 2.64. The maximum Gasteiger partial charge on any atom is 0.247 e. The number of carbonyl (C=O) groups excluding carboxylic acids is 3. The number of anilines is 3. The molecule has 6 nitrogen and oxygen atoms in total. The largest absolute Gasteiger partial charge is 0.351 e. The van der Waals surface area contributed by atoms with Crippen LogP contribution >= 0.6 is 11.6 Å². The van der Waals surface area contributed by atoms with Crippen molar-refractivity contribution in [3.63, 3.8) is 0 Å². The second-order valence-electron chi connectivity index (χ2n) is 9.82. The van der Waals surface area contributed by atoms with Crippen molar-refractivity contribution in [2.24, 2.45) is 11.8 Å². The molecule has 2 saturated heterocycles. The van der Waals surface area contributed by atoms with E-state index in [-0.39, 0.29) is 17.7 Å². The maximum atomic E-state index is 14.2. The highest BCUT2D eigenvalue weighted by atomic mass is 35.5. The first-order valence-electron chi connectivity index (χ1n) is 12.5. The molecule has 3 aliphatic rings. The zero-order valence-corrected chi connectivity index (χ0v) is 20.9. The molecule has 38 heavy (non-hydrogen) atoms. The molecule has 186 valence electrons. The molecule has 3 aliphatic heterocycles. The molecule has 1 N–H and O–H groups in total. The number of fused-ring (bicyclic) bond motifs is 6. The van der Waals surface area contributed by atoms with E-state index in [1.807, 2.05) is 77.7 Å². The fourth-order valence-corrected chi connectivity index (χ4v) is 6.33.